The van der Waals surface area contributed by atoms with Crippen molar-refractivity contribution in [3.63, 3.8) is 0 Å². The standard InChI is InChI=1S/C23H20N2O3/c1-14-7-5-6-10-19(14)24-22(27)18-13-17-20(25-23(18)28)11-16(12-21(17)26)15-8-3-2-4-9-15/h2-10,13,16H,11-12H2,1H3,(H,24,27)(H,25,28)/t16-/m0/s1. The number of ketones is 1. The summed E-state index contributed by atoms with van der Waals surface area (Å²) in [4.78, 5) is 40.6. The summed E-state index contributed by atoms with van der Waals surface area (Å²) in [5.74, 6) is -0.545. The van der Waals surface area contributed by atoms with Gasteiger partial charge < -0.3 is 10.3 Å². The van der Waals surface area contributed by atoms with E-state index in [2.05, 4.69) is 10.3 Å². The minimum absolute atomic E-state index is 0.0310. The first-order valence-corrected chi connectivity index (χ1v) is 9.24. The highest BCUT2D eigenvalue weighted by atomic mass is 16.2. The lowest BCUT2D eigenvalue weighted by molar-refractivity contribution is 0.0963. The molecule has 0 fully saturated rings. The number of aromatic nitrogens is 1. The van der Waals surface area contributed by atoms with Gasteiger partial charge in [-0.15, -0.1) is 0 Å². The molecule has 0 spiro atoms. The topological polar surface area (TPSA) is 79.0 Å². The second-order valence-corrected chi connectivity index (χ2v) is 7.11. The van der Waals surface area contributed by atoms with Crippen molar-refractivity contribution in [1.29, 1.82) is 0 Å². The van der Waals surface area contributed by atoms with E-state index in [0.717, 1.165) is 11.1 Å². The van der Waals surface area contributed by atoms with Crippen molar-refractivity contribution in [2.45, 2.75) is 25.7 Å². The van der Waals surface area contributed by atoms with Gasteiger partial charge in [0.05, 0.1) is 0 Å². The van der Waals surface area contributed by atoms with Crippen LogP contribution in [0.1, 0.15) is 49.9 Å². The van der Waals surface area contributed by atoms with E-state index in [1.807, 2.05) is 55.5 Å². The number of carbonyl (C=O) groups is 2. The van der Waals surface area contributed by atoms with E-state index in [1.165, 1.54) is 6.07 Å². The fourth-order valence-electron chi connectivity index (χ4n) is 3.66. The van der Waals surface area contributed by atoms with Gasteiger partial charge in [-0.25, -0.2) is 0 Å². The summed E-state index contributed by atoms with van der Waals surface area (Å²) in [6, 6.07) is 18.6. The van der Waals surface area contributed by atoms with Crippen molar-refractivity contribution >= 4 is 17.4 Å². The summed E-state index contributed by atoms with van der Waals surface area (Å²) in [6.45, 7) is 1.87. The number of aromatic amines is 1. The monoisotopic (exact) mass is 372 g/mol. The Kier molecular flexibility index (Phi) is 4.65. The lowest BCUT2D eigenvalue weighted by Gasteiger charge is -2.24. The number of fused-ring (bicyclic) bond motifs is 1. The lowest BCUT2D eigenvalue weighted by atomic mass is 9.81. The van der Waals surface area contributed by atoms with E-state index in [9.17, 15) is 14.4 Å². The minimum Gasteiger partial charge on any atom is -0.325 e. The fraction of sp³-hybridized carbons (Fsp3) is 0.174. The molecule has 0 saturated carbocycles. The zero-order chi connectivity index (χ0) is 19.7. The molecule has 0 aliphatic heterocycles. The van der Waals surface area contributed by atoms with Crippen molar-refractivity contribution in [3.05, 3.63) is 99.0 Å². The van der Waals surface area contributed by atoms with E-state index in [4.69, 9.17) is 0 Å². The molecule has 5 nitrogen and oxygen atoms in total. The smallest absolute Gasteiger partial charge is 0.261 e. The Bertz CT molecular complexity index is 1120. The molecule has 1 atom stereocenters. The largest absolute Gasteiger partial charge is 0.325 e. The molecule has 1 aliphatic carbocycles. The number of hydrogen-bond donors (Lipinski definition) is 2. The SMILES string of the molecule is Cc1ccccc1NC(=O)c1cc2c([nH]c1=O)C[C@H](c1ccccc1)CC2=O. The molecule has 0 saturated heterocycles. The van der Waals surface area contributed by atoms with Crippen molar-refractivity contribution < 1.29 is 9.59 Å². The highest BCUT2D eigenvalue weighted by molar-refractivity contribution is 6.07. The average molecular weight is 372 g/mol. The summed E-state index contributed by atoms with van der Waals surface area (Å²) in [5.41, 5.74) is 3.11. The first-order chi connectivity index (χ1) is 13.5. The zero-order valence-electron chi connectivity index (χ0n) is 15.5. The van der Waals surface area contributed by atoms with Crippen LogP contribution in [0.5, 0.6) is 0 Å². The lowest BCUT2D eigenvalue weighted by Crippen LogP contribution is -2.29. The number of anilines is 1. The average Bonchev–Trinajstić information content (AvgIpc) is 2.69. The van der Waals surface area contributed by atoms with Crippen LogP contribution in [-0.2, 0) is 6.42 Å². The van der Waals surface area contributed by atoms with E-state index < -0.39 is 11.5 Å². The highest BCUT2D eigenvalue weighted by Crippen LogP contribution is 2.31. The quantitative estimate of drug-likeness (QED) is 0.733. The van der Waals surface area contributed by atoms with Crippen molar-refractivity contribution in [1.82, 2.24) is 4.98 Å². The van der Waals surface area contributed by atoms with Crippen molar-refractivity contribution in [2.75, 3.05) is 5.32 Å². The molecule has 5 heteroatoms. The third-order valence-electron chi connectivity index (χ3n) is 5.21. The number of rotatable bonds is 3. The molecule has 2 aromatic carbocycles. The Morgan fingerprint density at radius 3 is 2.46 bits per heavy atom. The molecule has 4 rings (SSSR count). The predicted octanol–water partition coefficient (Wildman–Crippen LogP) is 3.85. The number of H-pyrrole nitrogens is 1. The Hall–Kier alpha value is -3.47. The van der Waals surface area contributed by atoms with Gasteiger partial charge in [0.25, 0.3) is 11.5 Å². The normalized spacial score (nSPS) is 15.8. The molecule has 0 unspecified atom stereocenters. The maximum atomic E-state index is 12.7. The van der Waals surface area contributed by atoms with Gasteiger partial charge in [0.15, 0.2) is 5.78 Å². The number of amides is 1. The van der Waals surface area contributed by atoms with Crippen LogP contribution < -0.4 is 10.9 Å². The number of pyridine rings is 1. The van der Waals surface area contributed by atoms with E-state index in [-0.39, 0.29) is 17.3 Å². The minimum atomic E-state index is -0.517. The van der Waals surface area contributed by atoms with Crippen molar-refractivity contribution in [2.24, 2.45) is 0 Å². The summed E-state index contributed by atoms with van der Waals surface area (Å²) < 4.78 is 0. The van der Waals surface area contributed by atoms with Gasteiger partial charge in [0.2, 0.25) is 0 Å². The van der Waals surface area contributed by atoms with E-state index in [0.29, 0.717) is 29.8 Å². The van der Waals surface area contributed by atoms with Gasteiger partial charge in [-0.1, -0.05) is 48.5 Å². The summed E-state index contributed by atoms with van der Waals surface area (Å²) >= 11 is 0. The number of nitrogens with one attached hydrogen (secondary N) is 2. The number of Topliss-reactive ketones (excluding diaryl/α,β-unsaturated/α-hetero) is 1. The van der Waals surface area contributed by atoms with Crippen LogP contribution >= 0.6 is 0 Å². The first-order valence-electron chi connectivity index (χ1n) is 9.24. The van der Waals surface area contributed by atoms with Gasteiger partial charge >= 0.3 is 0 Å². The number of aryl methyl sites for hydroxylation is 1. The molecule has 0 radical (unpaired) electrons. The van der Waals surface area contributed by atoms with Crippen LogP contribution in [0, 0.1) is 6.92 Å². The van der Waals surface area contributed by atoms with Crippen LogP contribution in [0.2, 0.25) is 0 Å². The molecule has 2 N–H and O–H groups in total. The predicted molar refractivity (Wildman–Crippen MR) is 108 cm³/mol. The summed E-state index contributed by atoms with van der Waals surface area (Å²) in [6.07, 6.45) is 0.932. The zero-order valence-corrected chi connectivity index (χ0v) is 15.5. The van der Waals surface area contributed by atoms with Gasteiger partial charge in [0.1, 0.15) is 5.56 Å². The first kappa shape index (κ1) is 17.9. The third kappa shape index (κ3) is 3.39. The van der Waals surface area contributed by atoms with Crippen LogP contribution in [-0.4, -0.2) is 16.7 Å². The third-order valence-corrected chi connectivity index (χ3v) is 5.21. The molecule has 1 heterocycles. The van der Waals surface area contributed by atoms with Gasteiger partial charge in [-0.3, -0.25) is 14.4 Å². The molecule has 140 valence electrons. The number of carbonyl (C=O) groups excluding carboxylic acids is 2. The number of para-hydroxylation sites is 1. The summed E-state index contributed by atoms with van der Waals surface area (Å²) in [5, 5.41) is 2.75. The number of benzene rings is 2. The maximum Gasteiger partial charge on any atom is 0.261 e. The second kappa shape index (κ2) is 7.27. The molecular weight excluding hydrogens is 352 g/mol. The Balaban J connectivity index is 1.64. The van der Waals surface area contributed by atoms with E-state index >= 15 is 0 Å². The molecule has 3 aromatic rings. The molecule has 1 amide bonds. The van der Waals surface area contributed by atoms with E-state index in [1.54, 1.807) is 6.07 Å². The molecule has 1 aromatic heterocycles. The Morgan fingerprint density at radius 1 is 1.00 bits per heavy atom. The van der Waals surface area contributed by atoms with Gasteiger partial charge in [-0.05, 0) is 42.5 Å². The summed E-state index contributed by atoms with van der Waals surface area (Å²) in [7, 11) is 0. The van der Waals surface area contributed by atoms with Crippen LogP contribution in [0.15, 0.2) is 65.5 Å². The van der Waals surface area contributed by atoms with Gasteiger partial charge in [-0.2, -0.15) is 0 Å². The van der Waals surface area contributed by atoms with Crippen molar-refractivity contribution in [3.8, 4) is 0 Å². The second-order valence-electron chi connectivity index (χ2n) is 7.11. The maximum absolute atomic E-state index is 12.7. The Labute approximate surface area is 162 Å². The van der Waals surface area contributed by atoms with Crippen LogP contribution in [0.25, 0.3) is 0 Å². The highest BCUT2D eigenvalue weighted by Gasteiger charge is 2.28. The molecular formula is C23H20N2O3. The van der Waals surface area contributed by atoms with Gasteiger partial charge in [0, 0.05) is 23.4 Å². The molecule has 28 heavy (non-hydrogen) atoms. The number of hydrogen-bond acceptors (Lipinski definition) is 3. The molecule has 0 bridgehead atoms. The molecule has 1 aliphatic rings. The van der Waals surface area contributed by atoms with Crippen LogP contribution in [0.3, 0.4) is 0 Å². The van der Waals surface area contributed by atoms with Crippen LogP contribution in [0.4, 0.5) is 5.69 Å². The fourth-order valence-corrected chi connectivity index (χ4v) is 3.66. The Morgan fingerprint density at radius 2 is 1.71 bits per heavy atom.